The van der Waals surface area contributed by atoms with E-state index in [0.717, 1.165) is 25.8 Å². The first-order chi connectivity index (χ1) is 7.27. The summed E-state index contributed by atoms with van der Waals surface area (Å²) in [7, 11) is 0. The second kappa shape index (κ2) is 5.21. The molecule has 2 saturated heterocycles. The molecule has 0 bridgehead atoms. The fourth-order valence-electron chi connectivity index (χ4n) is 2.31. The lowest BCUT2D eigenvalue weighted by molar-refractivity contribution is -0.123. The van der Waals surface area contributed by atoms with Crippen molar-refractivity contribution in [2.75, 3.05) is 12.3 Å². The highest BCUT2D eigenvalue weighted by molar-refractivity contribution is 8.00. The van der Waals surface area contributed by atoms with E-state index in [4.69, 9.17) is 0 Å². The van der Waals surface area contributed by atoms with Crippen LogP contribution in [0.1, 0.15) is 32.6 Å². The molecule has 0 spiro atoms. The van der Waals surface area contributed by atoms with Crippen molar-refractivity contribution < 1.29 is 4.79 Å². The number of hydrogen-bond donors (Lipinski definition) is 2. The molecule has 0 aromatic rings. The number of hydrogen-bond acceptors (Lipinski definition) is 3. The highest BCUT2D eigenvalue weighted by Crippen LogP contribution is 2.26. The summed E-state index contributed by atoms with van der Waals surface area (Å²) in [5.74, 6) is 1.43. The van der Waals surface area contributed by atoms with Gasteiger partial charge in [-0.15, -0.1) is 0 Å². The van der Waals surface area contributed by atoms with Crippen molar-refractivity contribution in [3.8, 4) is 0 Å². The second-order valence-corrected chi connectivity index (χ2v) is 5.96. The smallest absolute Gasteiger partial charge is 0.237 e. The van der Waals surface area contributed by atoms with Crippen molar-refractivity contribution in [1.29, 1.82) is 0 Å². The van der Waals surface area contributed by atoms with E-state index < -0.39 is 0 Å². The summed E-state index contributed by atoms with van der Waals surface area (Å²) >= 11 is 2.01. The molecule has 2 fully saturated rings. The van der Waals surface area contributed by atoms with Crippen LogP contribution >= 0.6 is 11.8 Å². The molecule has 2 rings (SSSR count). The fraction of sp³-hybridized carbons (Fsp3) is 0.909. The van der Waals surface area contributed by atoms with Crippen LogP contribution in [0.2, 0.25) is 0 Å². The van der Waals surface area contributed by atoms with E-state index in [1.807, 2.05) is 11.8 Å². The van der Waals surface area contributed by atoms with Crippen molar-refractivity contribution in [2.24, 2.45) is 0 Å². The Kier molecular flexibility index (Phi) is 3.92. The Labute approximate surface area is 95.8 Å². The summed E-state index contributed by atoms with van der Waals surface area (Å²) in [6.07, 6.45) is 4.48. The van der Waals surface area contributed by atoms with E-state index in [1.165, 1.54) is 12.2 Å². The van der Waals surface area contributed by atoms with Crippen molar-refractivity contribution in [2.45, 2.75) is 49.9 Å². The molecule has 0 aromatic heterocycles. The molecule has 4 heteroatoms. The molecule has 1 amide bonds. The van der Waals surface area contributed by atoms with Crippen LogP contribution in [-0.4, -0.2) is 35.5 Å². The maximum atomic E-state index is 11.7. The zero-order valence-corrected chi connectivity index (χ0v) is 10.1. The summed E-state index contributed by atoms with van der Waals surface area (Å²) in [6, 6.07) is 0.586. The third kappa shape index (κ3) is 2.88. The van der Waals surface area contributed by atoms with Gasteiger partial charge in [-0.1, -0.05) is 6.92 Å². The van der Waals surface area contributed by atoms with E-state index in [-0.39, 0.29) is 11.9 Å². The molecule has 0 radical (unpaired) electrons. The summed E-state index contributed by atoms with van der Waals surface area (Å²) < 4.78 is 0. The largest absolute Gasteiger partial charge is 0.355 e. The van der Waals surface area contributed by atoms with Gasteiger partial charge in [-0.05, 0) is 31.4 Å². The Hall–Kier alpha value is -0.220. The lowest BCUT2D eigenvalue weighted by Crippen LogP contribution is -2.48. The van der Waals surface area contributed by atoms with Crippen LogP contribution in [0.4, 0.5) is 0 Å². The van der Waals surface area contributed by atoms with E-state index >= 15 is 0 Å². The van der Waals surface area contributed by atoms with Crippen LogP contribution in [0, 0.1) is 0 Å². The topological polar surface area (TPSA) is 41.1 Å². The Morgan fingerprint density at radius 1 is 1.40 bits per heavy atom. The first-order valence-electron chi connectivity index (χ1n) is 5.93. The zero-order chi connectivity index (χ0) is 10.7. The average molecular weight is 228 g/mol. The first-order valence-corrected chi connectivity index (χ1v) is 6.97. The van der Waals surface area contributed by atoms with Crippen LogP contribution in [0.15, 0.2) is 0 Å². The van der Waals surface area contributed by atoms with Gasteiger partial charge >= 0.3 is 0 Å². The third-order valence-electron chi connectivity index (χ3n) is 3.33. The van der Waals surface area contributed by atoms with Crippen molar-refractivity contribution >= 4 is 17.7 Å². The fourth-order valence-corrected chi connectivity index (χ4v) is 3.52. The van der Waals surface area contributed by atoms with Gasteiger partial charge < -0.3 is 10.6 Å². The average Bonchev–Trinajstić information content (AvgIpc) is 2.50. The van der Waals surface area contributed by atoms with Gasteiger partial charge in [0, 0.05) is 17.8 Å². The molecule has 0 aliphatic carbocycles. The van der Waals surface area contributed by atoms with Crippen LogP contribution in [-0.2, 0) is 4.79 Å². The van der Waals surface area contributed by atoms with Gasteiger partial charge in [-0.25, -0.2) is 0 Å². The number of rotatable bonds is 2. The van der Waals surface area contributed by atoms with Crippen LogP contribution < -0.4 is 10.6 Å². The molecular weight excluding hydrogens is 208 g/mol. The SMILES string of the molecule is CC1SCCC1NC1CCCCNC1=O. The Balaban J connectivity index is 1.88. The highest BCUT2D eigenvalue weighted by atomic mass is 32.2. The minimum absolute atomic E-state index is 0.0543. The lowest BCUT2D eigenvalue weighted by Gasteiger charge is -2.22. The molecule has 86 valence electrons. The zero-order valence-electron chi connectivity index (χ0n) is 9.29. The predicted octanol–water partition coefficient (Wildman–Crippen LogP) is 1.14. The minimum atomic E-state index is 0.0543. The summed E-state index contributed by atoms with van der Waals surface area (Å²) in [5, 5.41) is 7.15. The van der Waals surface area contributed by atoms with Crippen molar-refractivity contribution in [3.63, 3.8) is 0 Å². The monoisotopic (exact) mass is 228 g/mol. The summed E-state index contributed by atoms with van der Waals surface area (Å²) in [6.45, 7) is 3.11. The molecule has 2 heterocycles. The molecule has 2 N–H and O–H groups in total. The maximum Gasteiger partial charge on any atom is 0.237 e. The summed E-state index contributed by atoms with van der Waals surface area (Å²) in [4.78, 5) is 11.7. The van der Waals surface area contributed by atoms with Gasteiger partial charge in [-0.2, -0.15) is 11.8 Å². The van der Waals surface area contributed by atoms with E-state index in [1.54, 1.807) is 0 Å². The molecule has 3 nitrogen and oxygen atoms in total. The Bertz CT molecular complexity index is 235. The number of nitrogens with one attached hydrogen (secondary N) is 2. The number of amides is 1. The Morgan fingerprint density at radius 3 is 3.00 bits per heavy atom. The number of carbonyl (C=O) groups is 1. The molecule has 2 aliphatic rings. The maximum absolute atomic E-state index is 11.7. The molecular formula is C11H20N2OS. The van der Waals surface area contributed by atoms with E-state index in [9.17, 15) is 4.79 Å². The predicted molar refractivity (Wildman–Crippen MR) is 64.1 cm³/mol. The van der Waals surface area contributed by atoms with Gasteiger partial charge in [0.2, 0.25) is 5.91 Å². The standard InChI is InChI=1S/C11H20N2OS/c1-8-9(5-7-15-8)13-10-4-2-3-6-12-11(10)14/h8-10,13H,2-7H2,1H3,(H,12,14). The van der Waals surface area contributed by atoms with Gasteiger partial charge in [0.15, 0.2) is 0 Å². The van der Waals surface area contributed by atoms with Gasteiger partial charge in [0.1, 0.15) is 0 Å². The first kappa shape index (κ1) is 11.3. The molecule has 3 unspecified atom stereocenters. The van der Waals surface area contributed by atoms with E-state index in [0.29, 0.717) is 11.3 Å². The van der Waals surface area contributed by atoms with Crippen LogP contribution in [0.25, 0.3) is 0 Å². The molecule has 2 aliphatic heterocycles. The van der Waals surface area contributed by atoms with Crippen molar-refractivity contribution in [3.05, 3.63) is 0 Å². The van der Waals surface area contributed by atoms with Gasteiger partial charge in [0.25, 0.3) is 0 Å². The van der Waals surface area contributed by atoms with Crippen LogP contribution in [0.5, 0.6) is 0 Å². The number of thioether (sulfide) groups is 1. The van der Waals surface area contributed by atoms with Crippen molar-refractivity contribution in [1.82, 2.24) is 10.6 Å². The molecule has 15 heavy (non-hydrogen) atoms. The normalized spacial score (nSPS) is 37.4. The molecule has 3 atom stereocenters. The Morgan fingerprint density at radius 2 is 2.27 bits per heavy atom. The van der Waals surface area contributed by atoms with Crippen LogP contribution in [0.3, 0.4) is 0 Å². The van der Waals surface area contributed by atoms with Gasteiger partial charge in [0.05, 0.1) is 6.04 Å². The minimum Gasteiger partial charge on any atom is -0.355 e. The summed E-state index contributed by atoms with van der Waals surface area (Å²) in [5.41, 5.74) is 0. The quantitative estimate of drug-likeness (QED) is 0.744. The third-order valence-corrected chi connectivity index (χ3v) is 4.65. The molecule has 0 aromatic carbocycles. The van der Waals surface area contributed by atoms with Gasteiger partial charge in [-0.3, -0.25) is 4.79 Å². The highest BCUT2D eigenvalue weighted by Gasteiger charge is 2.29. The molecule has 0 saturated carbocycles. The second-order valence-electron chi connectivity index (χ2n) is 4.48. The lowest BCUT2D eigenvalue weighted by atomic mass is 10.1. The number of carbonyl (C=O) groups excluding carboxylic acids is 1. The van der Waals surface area contributed by atoms with E-state index in [2.05, 4.69) is 17.6 Å².